The number of carbonyl (C=O) groups is 1. The molecule has 29 heavy (non-hydrogen) atoms. The molecule has 154 valence electrons. The van der Waals surface area contributed by atoms with Crippen LogP contribution in [0.2, 0.25) is 0 Å². The van der Waals surface area contributed by atoms with Crippen LogP contribution >= 0.6 is 23.1 Å². The zero-order chi connectivity index (χ0) is 19.9. The van der Waals surface area contributed by atoms with Crippen molar-refractivity contribution in [2.45, 2.75) is 36.6 Å². The molecule has 0 radical (unpaired) electrons. The number of benzene rings is 1. The minimum absolute atomic E-state index is 0.0405. The van der Waals surface area contributed by atoms with Crippen LogP contribution in [0.4, 0.5) is 0 Å². The number of thioether (sulfide) groups is 1. The summed E-state index contributed by atoms with van der Waals surface area (Å²) in [5.74, 6) is 2.94. The highest BCUT2D eigenvalue weighted by Gasteiger charge is 2.52. The van der Waals surface area contributed by atoms with Crippen LogP contribution in [0.25, 0.3) is 0 Å². The first-order valence-electron chi connectivity index (χ1n) is 9.95. The maximum Gasteiger partial charge on any atom is 0.253 e. The molecule has 3 fully saturated rings. The number of carbonyl (C=O) groups excluding carboxylic acids is 1. The smallest absolute Gasteiger partial charge is 0.253 e. The molecule has 1 aromatic heterocycles. The summed E-state index contributed by atoms with van der Waals surface area (Å²) in [5.41, 5.74) is -0.687. The second-order valence-corrected chi connectivity index (χ2v) is 10.1. The Morgan fingerprint density at radius 3 is 2.62 bits per heavy atom. The number of ether oxygens (including phenoxy) is 2. The lowest BCUT2D eigenvalue weighted by molar-refractivity contribution is -0.0431. The van der Waals surface area contributed by atoms with Gasteiger partial charge < -0.3 is 19.5 Å². The Hall–Kier alpha value is -1.61. The van der Waals surface area contributed by atoms with Crippen LogP contribution in [0.15, 0.2) is 35.8 Å². The molecule has 1 spiro atoms. The van der Waals surface area contributed by atoms with Crippen molar-refractivity contribution in [3.8, 4) is 5.75 Å². The monoisotopic (exact) mass is 432 g/mol. The molecule has 0 bridgehead atoms. The van der Waals surface area contributed by atoms with Gasteiger partial charge in [0.25, 0.3) is 5.91 Å². The Balaban J connectivity index is 1.19. The molecule has 1 N–H and O–H groups in total. The fourth-order valence-electron chi connectivity index (χ4n) is 4.27. The SMILES string of the molecule is O=C(c1ccc(OC2CSC2)cc1)N1CCC2(CC1)CC(O)(c1nccs1)CO2. The van der Waals surface area contributed by atoms with Crippen molar-refractivity contribution in [3.63, 3.8) is 0 Å². The van der Waals surface area contributed by atoms with E-state index in [1.165, 1.54) is 11.3 Å². The van der Waals surface area contributed by atoms with Gasteiger partial charge in [-0.3, -0.25) is 4.79 Å². The lowest BCUT2D eigenvalue weighted by atomic mass is 9.83. The molecule has 5 rings (SSSR count). The molecule has 6 nitrogen and oxygen atoms in total. The number of amides is 1. The molecular weight excluding hydrogens is 408 g/mol. The third kappa shape index (κ3) is 3.79. The van der Waals surface area contributed by atoms with Gasteiger partial charge in [0.2, 0.25) is 0 Å². The standard InChI is InChI=1S/C21H24N2O4S2/c24-18(15-1-3-16(4-2-15)27-17-11-28-12-17)23-8-5-20(6-9-23)13-21(25,14-26-20)19-22-7-10-29-19/h1-4,7,10,17,25H,5-6,8-9,11-14H2. The summed E-state index contributed by atoms with van der Waals surface area (Å²) in [6, 6.07) is 7.47. The Morgan fingerprint density at radius 1 is 1.24 bits per heavy atom. The Labute approximate surface area is 178 Å². The predicted molar refractivity (Wildman–Crippen MR) is 113 cm³/mol. The number of rotatable bonds is 4. The van der Waals surface area contributed by atoms with Crippen LogP contribution in [0.1, 0.15) is 34.6 Å². The summed E-state index contributed by atoms with van der Waals surface area (Å²) < 4.78 is 11.9. The quantitative estimate of drug-likeness (QED) is 0.801. The van der Waals surface area contributed by atoms with E-state index in [1.54, 1.807) is 6.20 Å². The molecular formula is C21H24N2O4S2. The molecule has 8 heteroatoms. The van der Waals surface area contributed by atoms with Crippen molar-refractivity contribution in [3.05, 3.63) is 46.4 Å². The first-order chi connectivity index (χ1) is 14.1. The second-order valence-electron chi connectivity index (χ2n) is 8.11. The molecule has 0 saturated carbocycles. The minimum atomic E-state index is -1.00. The maximum atomic E-state index is 12.9. The number of piperidine rings is 1. The number of thiazole rings is 1. The largest absolute Gasteiger partial charge is 0.489 e. The van der Waals surface area contributed by atoms with Crippen molar-refractivity contribution < 1.29 is 19.4 Å². The topological polar surface area (TPSA) is 71.9 Å². The van der Waals surface area contributed by atoms with E-state index >= 15 is 0 Å². The van der Waals surface area contributed by atoms with Crippen molar-refractivity contribution in [1.29, 1.82) is 0 Å². The summed E-state index contributed by atoms with van der Waals surface area (Å²) in [5, 5.41) is 13.6. The highest BCUT2D eigenvalue weighted by Crippen LogP contribution is 2.45. The Morgan fingerprint density at radius 2 is 2.00 bits per heavy atom. The molecule has 1 aromatic carbocycles. The van der Waals surface area contributed by atoms with Gasteiger partial charge in [-0.15, -0.1) is 11.3 Å². The van der Waals surface area contributed by atoms with Gasteiger partial charge in [0.15, 0.2) is 0 Å². The van der Waals surface area contributed by atoms with Gasteiger partial charge in [0.1, 0.15) is 22.5 Å². The van der Waals surface area contributed by atoms with Crippen molar-refractivity contribution >= 4 is 29.0 Å². The summed E-state index contributed by atoms with van der Waals surface area (Å²) in [4.78, 5) is 19.1. The molecule has 3 aliphatic heterocycles. The normalized spacial score (nSPS) is 26.4. The van der Waals surface area contributed by atoms with E-state index in [2.05, 4.69) is 4.98 Å². The second kappa shape index (κ2) is 7.58. The number of likely N-dealkylation sites (tertiary alicyclic amines) is 1. The van der Waals surface area contributed by atoms with E-state index in [-0.39, 0.29) is 18.1 Å². The fraction of sp³-hybridized carbons (Fsp3) is 0.524. The molecule has 3 aliphatic rings. The van der Waals surface area contributed by atoms with E-state index in [1.807, 2.05) is 46.3 Å². The van der Waals surface area contributed by atoms with E-state index in [0.717, 1.165) is 35.1 Å². The molecule has 1 unspecified atom stereocenters. The zero-order valence-electron chi connectivity index (χ0n) is 16.1. The van der Waals surface area contributed by atoms with Gasteiger partial charge >= 0.3 is 0 Å². The average molecular weight is 433 g/mol. The third-order valence-corrected chi connectivity index (χ3v) is 8.22. The average Bonchev–Trinajstić information content (AvgIpc) is 3.35. The maximum absolute atomic E-state index is 12.9. The number of aliphatic hydroxyl groups is 1. The summed E-state index contributed by atoms with van der Waals surface area (Å²) >= 11 is 3.35. The third-order valence-electron chi connectivity index (χ3n) is 6.04. The van der Waals surface area contributed by atoms with Crippen LogP contribution in [0.3, 0.4) is 0 Å². The Kier molecular flexibility index (Phi) is 5.06. The lowest BCUT2D eigenvalue weighted by Gasteiger charge is -2.39. The number of hydrogen-bond acceptors (Lipinski definition) is 7. The fourth-order valence-corrected chi connectivity index (χ4v) is 5.56. The molecule has 4 heterocycles. The van der Waals surface area contributed by atoms with Crippen molar-refractivity contribution in [1.82, 2.24) is 9.88 Å². The molecule has 3 saturated heterocycles. The van der Waals surface area contributed by atoms with E-state index < -0.39 is 5.60 Å². The van der Waals surface area contributed by atoms with E-state index in [9.17, 15) is 9.90 Å². The molecule has 0 aliphatic carbocycles. The molecule has 1 amide bonds. The summed E-state index contributed by atoms with van der Waals surface area (Å²) in [6.45, 7) is 1.53. The number of nitrogens with zero attached hydrogens (tertiary/aromatic N) is 2. The number of hydrogen-bond donors (Lipinski definition) is 1. The predicted octanol–water partition coefficient (Wildman–Crippen LogP) is 2.92. The van der Waals surface area contributed by atoms with Crippen molar-refractivity contribution in [2.75, 3.05) is 31.2 Å². The van der Waals surface area contributed by atoms with Crippen molar-refractivity contribution in [2.24, 2.45) is 0 Å². The van der Waals surface area contributed by atoms with Crippen LogP contribution in [-0.2, 0) is 10.3 Å². The first kappa shape index (κ1) is 19.4. The van der Waals surface area contributed by atoms with Gasteiger partial charge in [-0.05, 0) is 37.1 Å². The molecule has 1 atom stereocenters. The minimum Gasteiger partial charge on any atom is -0.489 e. The lowest BCUT2D eigenvalue weighted by Crippen LogP contribution is -2.47. The summed E-state index contributed by atoms with van der Waals surface area (Å²) in [6.07, 6.45) is 4.02. The van der Waals surface area contributed by atoms with Crippen LogP contribution < -0.4 is 4.74 Å². The van der Waals surface area contributed by atoms with Crippen LogP contribution in [0, 0.1) is 0 Å². The first-order valence-corrected chi connectivity index (χ1v) is 12.0. The van der Waals surface area contributed by atoms with Crippen LogP contribution in [-0.4, -0.2) is 63.8 Å². The Bertz CT molecular complexity index is 861. The van der Waals surface area contributed by atoms with Gasteiger partial charge in [0.05, 0.1) is 12.2 Å². The van der Waals surface area contributed by atoms with Gasteiger partial charge in [0, 0.05) is 48.2 Å². The molecule has 2 aromatic rings. The van der Waals surface area contributed by atoms with Gasteiger partial charge in [-0.1, -0.05) is 0 Å². The van der Waals surface area contributed by atoms with E-state index in [0.29, 0.717) is 31.2 Å². The summed E-state index contributed by atoms with van der Waals surface area (Å²) in [7, 11) is 0. The zero-order valence-corrected chi connectivity index (χ0v) is 17.7. The van der Waals surface area contributed by atoms with E-state index in [4.69, 9.17) is 9.47 Å². The highest BCUT2D eigenvalue weighted by molar-refractivity contribution is 8.00. The number of aromatic nitrogens is 1. The van der Waals surface area contributed by atoms with Gasteiger partial charge in [-0.25, -0.2) is 4.98 Å². The van der Waals surface area contributed by atoms with Gasteiger partial charge in [-0.2, -0.15) is 11.8 Å². The van der Waals surface area contributed by atoms with Crippen LogP contribution in [0.5, 0.6) is 5.75 Å². The highest BCUT2D eigenvalue weighted by atomic mass is 32.2.